The van der Waals surface area contributed by atoms with Crippen molar-refractivity contribution in [3.8, 4) is 0 Å². The van der Waals surface area contributed by atoms with Gasteiger partial charge in [-0.2, -0.15) is 0 Å². The summed E-state index contributed by atoms with van der Waals surface area (Å²) < 4.78 is 1.34. The average Bonchev–Trinajstić information content (AvgIpc) is 3.01. The van der Waals surface area contributed by atoms with Crippen molar-refractivity contribution in [2.45, 2.75) is 27.7 Å². The van der Waals surface area contributed by atoms with E-state index in [1.807, 2.05) is 23.5 Å². The predicted octanol–water partition coefficient (Wildman–Crippen LogP) is 8.61. The Bertz CT molecular complexity index is 1140. The maximum Gasteiger partial charge on any atom is 0.0354 e. The Morgan fingerprint density at radius 1 is 0.862 bits per heavy atom. The molecule has 1 aromatic heterocycles. The van der Waals surface area contributed by atoms with Gasteiger partial charge in [-0.1, -0.05) is 79.4 Å². The maximum atomic E-state index is 4.06. The zero-order valence-corrected chi connectivity index (χ0v) is 18.6. The van der Waals surface area contributed by atoms with E-state index in [0.29, 0.717) is 0 Å². The largest absolute Gasteiger partial charge is 0.140 e. The lowest BCUT2D eigenvalue weighted by molar-refractivity contribution is 1.44. The van der Waals surface area contributed by atoms with Gasteiger partial charge in [-0.15, -0.1) is 11.3 Å². The fraction of sp³-hybridized carbons (Fsp3) is 0.143. The number of aryl methyl sites for hydroxylation is 3. The van der Waals surface area contributed by atoms with Crippen LogP contribution in [-0.2, 0) is 0 Å². The van der Waals surface area contributed by atoms with Crippen molar-refractivity contribution in [3.05, 3.63) is 118 Å². The highest BCUT2D eigenvalue weighted by Gasteiger charge is 2.08. The van der Waals surface area contributed by atoms with Crippen molar-refractivity contribution in [2.75, 3.05) is 0 Å². The van der Waals surface area contributed by atoms with Crippen molar-refractivity contribution in [1.82, 2.24) is 0 Å². The molecule has 0 spiro atoms. The Labute approximate surface area is 178 Å². The third-order valence-electron chi connectivity index (χ3n) is 5.16. The molecule has 1 heterocycles. The lowest BCUT2D eigenvalue weighted by Gasteiger charge is -2.05. The first-order chi connectivity index (χ1) is 13.9. The Morgan fingerprint density at radius 3 is 2.21 bits per heavy atom. The molecule has 0 N–H and O–H groups in total. The Balaban J connectivity index is 1.99. The van der Waals surface area contributed by atoms with Crippen LogP contribution in [0.3, 0.4) is 0 Å². The standard InChI is InChI=1S/C28H28S/c1-7-23(25-13-9-19(3)10-14-25)15-12-21(5)24(8-2)18-27-22(6)29-28-17-20(4)11-16-26(27)28/h7-18H,1-2H2,3-6H3/b21-12+,23-15+,24-18+. The van der Waals surface area contributed by atoms with Crippen LogP contribution in [0.2, 0.25) is 0 Å². The van der Waals surface area contributed by atoms with Crippen LogP contribution in [0.25, 0.3) is 21.7 Å². The fourth-order valence-corrected chi connectivity index (χ4v) is 4.50. The van der Waals surface area contributed by atoms with Gasteiger partial charge in [0, 0.05) is 9.58 Å². The highest BCUT2D eigenvalue weighted by atomic mass is 32.1. The van der Waals surface area contributed by atoms with Gasteiger partial charge in [0.25, 0.3) is 0 Å². The van der Waals surface area contributed by atoms with E-state index < -0.39 is 0 Å². The lowest BCUT2D eigenvalue weighted by Crippen LogP contribution is -1.84. The van der Waals surface area contributed by atoms with Gasteiger partial charge in [-0.25, -0.2) is 0 Å². The highest BCUT2D eigenvalue weighted by Crippen LogP contribution is 2.34. The van der Waals surface area contributed by atoms with Crippen LogP contribution in [-0.4, -0.2) is 0 Å². The molecule has 0 aliphatic rings. The molecule has 2 aromatic carbocycles. The summed E-state index contributed by atoms with van der Waals surface area (Å²) >= 11 is 1.85. The molecule has 3 aromatic rings. The molecule has 0 saturated carbocycles. The maximum absolute atomic E-state index is 4.06. The summed E-state index contributed by atoms with van der Waals surface area (Å²) in [4.78, 5) is 1.33. The minimum Gasteiger partial charge on any atom is -0.140 e. The Hall–Kier alpha value is -2.90. The SMILES string of the molecule is C=CC(=C\c1c(C)sc2cc(C)ccc12)/C(C)=C/C=C(\C=C)c1ccc(C)cc1. The van der Waals surface area contributed by atoms with E-state index in [-0.39, 0.29) is 0 Å². The molecule has 146 valence electrons. The van der Waals surface area contributed by atoms with Gasteiger partial charge in [0.2, 0.25) is 0 Å². The molecule has 0 atom stereocenters. The van der Waals surface area contributed by atoms with Crippen molar-refractivity contribution in [2.24, 2.45) is 0 Å². The van der Waals surface area contributed by atoms with E-state index in [2.05, 4.69) is 102 Å². The van der Waals surface area contributed by atoms with Crippen LogP contribution < -0.4 is 0 Å². The summed E-state index contributed by atoms with van der Waals surface area (Å²) in [6.45, 7) is 16.6. The second-order valence-electron chi connectivity index (χ2n) is 7.42. The molecule has 0 bridgehead atoms. The van der Waals surface area contributed by atoms with Gasteiger partial charge >= 0.3 is 0 Å². The zero-order valence-electron chi connectivity index (χ0n) is 17.8. The second kappa shape index (κ2) is 9.07. The third-order valence-corrected chi connectivity index (χ3v) is 6.25. The van der Waals surface area contributed by atoms with Crippen LogP contribution >= 0.6 is 11.3 Å². The van der Waals surface area contributed by atoms with E-state index in [9.17, 15) is 0 Å². The van der Waals surface area contributed by atoms with E-state index >= 15 is 0 Å². The number of rotatable bonds is 6. The van der Waals surface area contributed by atoms with Crippen molar-refractivity contribution < 1.29 is 0 Å². The summed E-state index contributed by atoms with van der Waals surface area (Å²) in [6, 6.07) is 15.2. The molecule has 0 saturated heterocycles. The van der Waals surface area contributed by atoms with Crippen molar-refractivity contribution in [3.63, 3.8) is 0 Å². The minimum atomic E-state index is 1.11. The smallest absolute Gasteiger partial charge is 0.0354 e. The first-order valence-electron chi connectivity index (χ1n) is 9.85. The number of fused-ring (bicyclic) bond motifs is 1. The summed E-state index contributed by atoms with van der Waals surface area (Å²) in [5.41, 5.74) is 8.45. The number of allylic oxidation sites excluding steroid dienone is 7. The molecule has 0 aliphatic heterocycles. The lowest BCUT2D eigenvalue weighted by atomic mass is 10.00. The predicted molar refractivity (Wildman–Crippen MR) is 133 cm³/mol. The van der Waals surface area contributed by atoms with Crippen LogP contribution in [0.4, 0.5) is 0 Å². The Morgan fingerprint density at radius 2 is 1.55 bits per heavy atom. The summed E-state index contributed by atoms with van der Waals surface area (Å²) in [6.07, 6.45) is 10.4. The van der Waals surface area contributed by atoms with Crippen LogP contribution in [0, 0.1) is 20.8 Å². The number of thiophene rings is 1. The fourth-order valence-electron chi connectivity index (χ4n) is 3.35. The van der Waals surface area contributed by atoms with Gasteiger partial charge < -0.3 is 0 Å². The van der Waals surface area contributed by atoms with Crippen molar-refractivity contribution >= 4 is 33.1 Å². The van der Waals surface area contributed by atoms with E-state index in [0.717, 1.165) is 11.1 Å². The highest BCUT2D eigenvalue weighted by molar-refractivity contribution is 7.19. The molecule has 0 unspecified atom stereocenters. The molecule has 29 heavy (non-hydrogen) atoms. The van der Waals surface area contributed by atoms with Gasteiger partial charge in [0.1, 0.15) is 0 Å². The zero-order chi connectivity index (χ0) is 21.0. The first-order valence-corrected chi connectivity index (χ1v) is 10.7. The molecule has 0 aliphatic carbocycles. The molecule has 0 radical (unpaired) electrons. The first kappa shape index (κ1) is 20.8. The molecule has 0 fully saturated rings. The molecule has 3 rings (SSSR count). The summed E-state index contributed by atoms with van der Waals surface area (Å²) in [5, 5.41) is 1.31. The topological polar surface area (TPSA) is 0 Å². The van der Waals surface area contributed by atoms with Gasteiger partial charge in [0.15, 0.2) is 0 Å². The molecular weight excluding hydrogens is 368 g/mol. The molecule has 0 amide bonds. The molecule has 0 nitrogen and oxygen atoms in total. The minimum absolute atomic E-state index is 1.11. The van der Waals surface area contributed by atoms with E-state index in [1.165, 1.54) is 42.8 Å². The number of hydrogen-bond acceptors (Lipinski definition) is 1. The Kier molecular flexibility index (Phi) is 6.51. The van der Waals surface area contributed by atoms with Gasteiger partial charge in [-0.3, -0.25) is 0 Å². The van der Waals surface area contributed by atoms with Gasteiger partial charge in [-0.05, 0) is 78.6 Å². The van der Waals surface area contributed by atoms with Crippen molar-refractivity contribution in [1.29, 1.82) is 0 Å². The van der Waals surface area contributed by atoms with E-state index in [4.69, 9.17) is 0 Å². The summed E-state index contributed by atoms with van der Waals surface area (Å²) in [5.74, 6) is 0. The molecular formula is C28H28S. The number of hydrogen-bond donors (Lipinski definition) is 0. The summed E-state index contributed by atoms with van der Waals surface area (Å²) in [7, 11) is 0. The third kappa shape index (κ3) is 4.75. The normalized spacial score (nSPS) is 13.0. The second-order valence-corrected chi connectivity index (χ2v) is 8.67. The van der Waals surface area contributed by atoms with Crippen LogP contribution in [0.5, 0.6) is 0 Å². The number of benzene rings is 2. The quantitative estimate of drug-likeness (QED) is 0.366. The molecule has 1 heteroatoms. The van der Waals surface area contributed by atoms with E-state index in [1.54, 1.807) is 0 Å². The monoisotopic (exact) mass is 396 g/mol. The van der Waals surface area contributed by atoms with Crippen LogP contribution in [0.15, 0.2) is 91.1 Å². The van der Waals surface area contributed by atoms with Gasteiger partial charge in [0.05, 0.1) is 0 Å². The van der Waals surface area contributed by atoms with Crippen LogP contribution in [0.1, 0.15) is 34.1 Å². The average molecular weight is 397 g/mol.